The molecule has 1 atom stereocenters. The smallest absolute Gasteiger partial charge is 0.319 e. The summed E-state index contributed by atoms with van der Waals surface area (Å²) in [5, 5.41) is 23.1. The summed E-state index contributed by atoms with van der Waals surface area (Å²) in [5.41, 5.74) is 1.08. The van der Waals surface area contributed by atoms with Crippen molar-refractivity contribution in [3.8, 4) is 11.8 Å². The zero-order valence-electron chi connectivity index (χ0n) is 14.9. The second-order valence-electron chi connectivity index (χ2n) is 6.52. The van der Waals surface area contributed by atoms with Crippen molar-refractivity contribution in [3.63, 3.8) is 0 Å². The Morgan fingerprint density at radius 1 is 1.18 bits per heavy atom. The van der Waals surface area contributed by atoms with E-state index in [1.54, 1.807) is 55.5 Å². The van der Waals surface area contributed by atoms with Gasteiger partial charge in [0.25, 0.3) is 5.91 Å². The van der Waals surface area contributed by atoms with Gasteiger partial charge in [0.15, 0.2) is 0 Å². The lowest BCUT2D eigenvalue weighted by Crippen LogP contribution is -2.40. The summed E-state index contributed by atoms with van der Waals surface area (Å²) in [6.07, 6.45) is 1.45. The second kappa shape index (κ2) is 6.59. The lowest BCUT2D eigenvalue weighted by Gasteiger charge is -2.23. The third-order valence-electron chi connectivity index (χ3n) is 4.78. The van der Waals surface area contributed by atoms with Crippen LogP contribution in [0.2, 0.25) is 0 Å². The van der Waals surface area contributed by atoms with Crippen LogP contribution in [0.5, 0.6) is 0 Å². The van der Waals surface area contributed by atoms with Gasteiger partial charge in [0.1, 0.15) is 11.9 Å². The number of tetrazole rings is 1. The molecule has 0 bridgehead atoms. The Morgan fingerprint density at radius 3 is 2.75 bits per heavy atom. The average molecular weight is 373 g/mol. The van der Waals surface area contributed by atoms with E-state index < -0.39 is 11.6 Å². The fraction of sp³-hybridized carbons (Fsp3) is 0.158. The Balaban J connectivity index is 1.66. The first-order valence-electron chi connectivity index (χ1n) is 8.49. The van der Waals surface area contributed by atoms with Crippen molar-refractivity contribution in [2.45, 2.75) is 19.0 Å². The maximum Gasteiger partial charge on any atom is 0.325 e. The molecule has 28 heavy (non-hydrogen) atoms. The van der Waals surface area contributed by atoms with Crippen molar-refractivity contribution in [2.75, 3.05) is 0 Å². The van der Waals surface area contributed by atoms with E-state index in [9.17, 15) is 14.9 Å². The maximum absolute atomic E-state index is 13.2. The number of nitriles is 1. The number of urea groups is 1. The molecule has 0 radical (unpaired) electrons. The number of benzene rings is 2. The molecule has 3 amide bonds. The van der Waals surface area contributed by atoms with Crippen molar-refractivity contribution in [2.24, 2.45) is 0 Å². The van der Waals surface area contributed by atoms with Crippen molar-refractivity contribution in [1.29, 1.82) is 5.26 Å². The van der Waals surface area contributed by atoms with E-state index in [4.69, 9.17) is 0 Å². The molecule has 1 saturated heterocycles. The minimum atomic E-state index is -1.23. The van der Waals surface area contributed by atoms with E-state index in [0.717, 1.165) is 4.90 Å². The highest BCUT2D eigenvalue weighted by Crippen LogP contribution is 2.31. The van der Waals surface area contributed by atoms with Crippen LogP contribution in [0.25, 0.3) is 5.69 Å². The first kappa shape index (κ1) is 17.4. The van der Waals surface area contributed by atoms with E-state index in [2.05, 4.69) is 26.9 Å². The number of hydrogen-bond donors (Lipinski definition) is 1. The third-order valence-corrected chi connectivity index (χ3v) is 4.78. The summed E-state index contributed by atoms with van der Waals surface area (Å²) in [4.78, 5) is 26.8. The minimum absolute atomic E-state index is 0.0245. The first-order valence-corrected chi connectivity index (χ1v) is 8.49. The van der Waals surface area contributed by atoms with Gasteiger partial charge in [0.05, 0.1) is 23.9 Å². The molecule has 0 unspecified atom stereocenters. The van der Waals surface area contributed by atoms with E-state index in [-0.39, 0.29) is 12.5 Å². The molecule has 2 heterocycles. The molecular weight excluding hydrogens is 358 g/mol. The molecule has 0 spiro atoms. The molecule has 1 fully saturated rings. The van der Waals surface area contributed by atoms with E-state index >= 15 is 0 Å². The molecule has 9 nitrogen and oxygen atoms in total. The van der Waals surface area contributed by atoms with Crippen molar-refractivity contribution in [1.82, 2.24) is 30.4 Å². The predicted octanol–water partition coefficient (Wildman–Crippen LogP) is 1.50. The zero-order chi connectivity index (χ0) is 19.7. The molecule has 3 aromatic rings. The summed E-state index contributed by atoms with van der Waals surface area (Å²) < 4.78 is 1.47. The van der Waals surface area contributed by atoms with Crippen LogP contribution < -0.4 is 5.32 Å². The Hall–Kier alpha value is -4.06. The van der Waals surface area contributed by atoms with Gasteiger partial charge in [-0.2, -0.15) is 5.26 Å². The number of carbonyl (C=O) groups excluding carboxylic acids is 2. The largest absolute Gasteiger partial charge is 0.325 e. The molecule has 138 valence electrons. The van der Waals surface area contributed by atoms with Crippen molar-refractivity contribution in [3.05, 3.63) is 71.5 Å². The van der Waals surface area contributed by atoms with Gasteiger partial charge in [-0.3, -0.25) is 9.69 Å². The van der Waals surface area contributed by atoms with Crippen LogP contribution >= 0.6 is 0 Å². The number of imide groups is 1. The second-order valence-corrected chi connectivity index (χ2v) is 6.52. The predicted molar refractivity (Wildman–Crippen MR) is 96.7 cm³/mol. The normalized spacial score (nSPS) is 18.8. The van der Waals surface area contributed by atoms with E-state index in [0.29, 0.717) is 22.4 Å². The molecule has 1 aromatic heterocycles. The Kier molecular flexibility index (Phi) is 4.08. The number of amides is 3. The molecule has 1 aliphatic rings. The summed E-state index contributed by atoms with van der Waals surface area (Å²) in [6.45, 7) is 1.68. The molecular formula is C19H15N7O2. The standard InChI is InChI=1S/C19H15N7O2/c1-19(15-7-4-8-16(9-15)26-12-21-23-24-26)17(27)25(18(28)22-19)11-14-6-3-2-5-13(14)10-20/h2-9,12H,11H2,1H3,(H,22,28)/t19-/m0/s1. The zero-order valence-corrected chi connectivity index (χ0v) is 14.9. The number of nitrogens with one attached hydrogen (secondary N) is 1. The van der Waals surface area contributed by atoms with Crippen LogP contribution in [0.15, 0.2) is 54.9 Å². The number of hydrogen-bond acceptors (Lipinski definition) is 6. The minimum Gasteiger partial charge on any atom is -0.319 e. The molecule has 9 heteroatoms. The fourth-order valence-electron chi connectivity index (χ4n) is 3.21. The van der Waals surface area contributed by atoms with Gasteiger partial charge >= 0.3 is 6.03 Å². The van der Waals surface area contributed by atoms with Crippen LogP contribution in [0.3, 0.4) is 0 Å². The lowest BCUT2D eigenvalue weighted by atomic mass is 9.91. The highest BCUT2D eigenvalue weighted by Gasteiger charge is 2.49. The summed E-state index contributed by atoms with van der Waals surface area (Å²) in [5.74, 6) is -0.390. The summed E-state index contributed by atoms with van der Waals surface area (Å²) >= 11 is 0. The van der Waals surface area contributed by atoms with Gasteiger partial charge in [-0.15, -0.1) is 5.10 Å². The number of aromatic nitrogens is 4. The molecule has 1 N–H and O–H groups in total. The molecule has 0 saturated carbocycles. The van der Waals surface area contributed by atoms with Gasteiger partial charge in [-0.25, -0.2) is 9.48 Å². The Morgan fingerprint density at radius 2 is 2.00 bits per heavy atom. The quantitative estimate of drug-likeness (QED) is 0.693. The van der Waals surface area contributed by atoms with E-state index in [1.807, 2.05) is 0 Å². The highest BCUT2D eigenvalue weighted by molar-refractivity contribution is 6.07. The van der Waals surface area contributed by atoms with Gasteiger partial charge in [-0.05, 0) is 46.7 Å². The van der Waals surface area contributed by atoms with Crippen LogP contribution in [0, 0.1) is 11.3 Å². The van der Waals surface area contributed by atoms with Crippen molar-refractivity contribution < 1.29 is 9.59 Å². The Bertz CT molecular complexity index is 1100. The van der Waals surface area contributed by atoms with Gasteiger partial charge in [-0.1, -0.05) is 30.3 Å². The number of carbonyl (C=O) groups is 2. The van der Waals surface area contributed by atoms with Crippen molar-refractivity contribution >= 4 is 11.9 Å². The lowest BCUT2D eigenvalue weighted by molar-refractivity contribution is -0.131. The van der Waals surface area contributed by atoms with Crippen LogP contribution in [0.1, 0.15) is 23.6 Å². The molecule has 0 aliphatic carbocycles. The van der Waals surface area contributed by atoms with Crippen LogP contribution in [-0.4, -0.2) is 37.0 Å². The first-order chi connectivity index (χ1) is 13.5. The SMILES string of the molecule is C[C@@]1(c2cccc(-n3cnnn3)c2)NC(=O)N(Cc2ccccc2C#N)C1=O. The van der Waals surface area contributed by atoms with E-state index in [1.165, 1.54) is 11.0 Å². The van der Waals surface area contributed by atoms with Gasteiger partial charge < -0.3 is 5.32 Å². The molecule has 4 rings (SSSR count). The average Bonchev–Trinajstić information content (AvgIpc) is 3.33. The van der Waals surface area contributed by atoms with Crippen LogP contribution in [-0.2, 0) is 16.9 Å². The molecule has 1 aliphatic heterocycles. The fourth-order valence-corrected chi connectivity index (χ4v) is 3.21. The highest BCUT2D eigenvalue weighted by atomic mass is 16.2. The summed E-state index contributed by atoms with van der Waals surface area (Å²) in [6, 6.07) is 15.5. The number of nitrogens with zero attached hydrogens (tertiary/aromatic N) is 6. The van der Waals surface area contributed by atoms with Gasteiger partial charge in [0, 0.05) is 0 Å². The third kappa shape index (κ3) is 2.77. The maximum atomic E-state index is 13.2. The topological polar surface area (TPSA) is 117 Å². The Labute approximate surface area is 160 Å². The summed E-state index contributed by atoms with van der Waals surface area (Å²) in [7, 11) is 0. The van der Waals surface area contributed by atoms with Gasteiger partial charge in [0.2, 0.25) is 0 Å². The monoisotopic (exact) mass is 373 g/mol. The molecule has 2 aromatic carbocycles. The number of rotatable bonds is 4. The van der Waals surface area contributed by atoms with Crippen LogP contribution in [0.4, 0.5) is 4.79 Å².